The van der Waals surface area contributed by atoms with Crippen LogP contribution in [-0.4, -0.2) is 30.2 Å². The third-order valence-electron chi connectivity index (χ3n) is 8.90. The van der Waals surface area contributed by atoms with Gasteiger partial charge in [-0.2, -0.15) is 0 Å². The molecule has 2 atom stereocenters. The predicted molar refractivity (Wildman–Crippen MR) is 161 cm³/mol. The van der Waals surface area contributed by atoms with E-state index in [1.54, 1.807) is 18.2 Å². The van der Waals surface area contributed by atoms with Crippen LogP contribution in [0.1, 0.15) is 60.0 Å². The highest BCUT2D eigenvalue weighted by Gasteiger charge is 2.67. The highest BCUT2D eigenvalue weighted by Crippen LogP contribution is 2.66. The Morgan fingerprint density at radius 3 is 2.10 bits per heavy atom. The zero-order valence-electron chi connectivity index (χ0n) is 23.0. The van der Waals surface area contributed by atoms with Crippen LogP contribution in [0.3, 0.4) is 0 Å². The molecule has 4 aromatic rings. The fourth-order valence-electron chi connectivity index (χ4n) is 7.01. The summed E-state index contributed by atoms with van der Waals surface area (Å²) < 4.78 is 4.48. The molecule has 7 heteroatoms. The van der Waals surface area contributed by atoms with Gasteiger partial charge in [0.2, 0.25) is 17.6 Å². The number of anilines is 1. The van der Waals surface area contributed by atoms with Gasteiger partial charge in [-0.05, 0) is 72.0 Å². The second kappa shape index (κ2) is 9.60. The summed E-state index contributed by atoms with van der Waals surface area (Å²) >= 11 is 4.00. The molecule has 1 saturated heterocycles. The third-order valence-corrected chi connectivity index (χ3v) is 10.3. The number of ether oxygens (including phenoxy) is 1. The Labute approximate surface area is 251 Å². The Hall–Kier alpha value is -4.36. The van der Waals surface area contributed by atoms with Gasteiger partial charge in [0.1, 0.15) is 0 Å². The standard InChI is InChI=1S/C35H26BrNO5/c1-19-11-12-20(2)25(17-19)28(38)18-42-34(41)21-13-15-22(16-14-21)37-32(39)30-29-23-7-3-5-9-26(23)35(36,31(30)33(37)40)27-10-6-4-8-24(27)29/h3-17,29-31H,18H2,1-2H3/t29?,30-,31-,35?/m1/s1. The number of alkyl halides is 1. The van der Waals surface area contributed by atoms with E-state index in [1.807, 2.05) is 74.5 Å². The Balaban J connectivity index is 1.15. The lowest BCUT2D eigenvalue weighted by Crippen LogP contribution is -2.50. The Morgan fingerprint density at radius 2 is 1.45 bits per heavy atom. The lowest BCUT2D eigenvalue weighted by molar-refractivity contribution is -0.122. The minimum atomic E-state index is -0.826. The van der Waals surface area contributed by atoms with Crippen molar-refractivity contribution in [3.8, 4) is 0 Å². The van der Waals surface area contributed by atoms with Gasteiger partial charge in [-0.15, -0.1) is 0 Å². The molecule has 4 aliphatic rings. The highest BCUT2D eigenvalue weighted by molar-refractivity contribution is 9.09. The van der Waals surface area contributed by atoms with Gasteiger partial charge < -0.3 is 4.74 Å². The van der Waals surface area contributed by atoms with Crippen molar-refractivity contribution in [2.75, 3.05) is 11.5 Å². The molecule has 0 aromatic heterocycles. The maximum Gasteiger partial charge on any atom is 0.338 e. The van der Waals surface area contributed by atoms with Gasteiger partial charge in [0.15, 0.2) is 6.61 Å². The number of hydrogen-bond acceptors (Lipinski definition) is 5. The van der Waals surface area contributed by atoms with Crippen LogP contribution in [0.25, 0.3) is 0 Å². The minimum Gasteiger partial charge on any atom is -0.454 e. The molecular formula is C35H26BrNO5. The van der Waals surface area contributed by atoms with Gasteiger partial charge in [0, 0.05) is 11.5 Å². The Bertz CT molecular complexity index is 1780. The number of benzene rings is 4. The molecule has 1 aliphatic heterocycles. The van der Waals surface area contributed by atoms with Crippen molar-refractivity contribution in [2.45, 2.75) is 24.1 Å². The maximum atomic E-state index is 14.1. The van der Waals surface area contributed by atoms with Crippen LogP contribution < -0.4 is 4.90 Å². The summed E-state index contributed by atoms with van der Waals surface area (Å²) in [5, 5.41) is 0. The van der Waals surface area contributed by atoms with Crippen LogP contribution in [0, 0.1) is 25.7 Å². The van der Waals surface area contributed by atoms with Crippen molar-refractivity contribution in [1.29, 1.82) is 0 Å². The maximum absolute atomic E-state index is 14.1. The van der Waals surface area contributed by atoms with E-state index >= 15 is 0 Å². The largest absolute Gasteiger partial charge is 0.454 e. The fraction of sp³-hybridized carbons (Fsp3) is 0.200. The summed E-state index contributed by atoms with van der Waals surface area (Å²) in [4.78, 5) is 54.8. The lowest BCUT2D eigenvalue weighted by Gasteiger charge is -2.51. The lowest BCUT2D eigenvalue weighted by atomic mass is 9.55. The normalized spacial score (nSPS) is 23.3. The molecule has 42 heavy (non-hydrogen) atoms. The number of carbonyl (C=O) groups excluding carboxylic acids is 4. The van der Waals surface area contributed by atoms with Gasteiger partial charge in [0.05, 0.1) is 27.4 Å². The summed E-state index contributed by atoms with van der Waals surface area (Å²) in [5.74, 6) is -2.86. The Morgan fingerprint density at radius 1 is 0.833 bits per heavy atom. The number of aryl methyl sites for hydroxylation is 2. The Kier molecular flexibility index (Phi) is 6.06. The number of amides is 2. The molecule has 4 aromatic carbocycles. The summed E-state index contributed by atoms with van der Waals surface area (Å²) in [6.45, 7) is 3.35. The van der Waals surface area contributed by atoms with Crippen molar-refractivity contribution in [2.24, 2.45) is 11.8 Å². The van der Waals surface area contributed by atoms with Crippen molar-refractivity contribution in [3.63, 3.8) is 0 Å². The van der Waals surface area contributed by atoms with Crippen molar-refractivity contribution in [1.82, 2.24) is 0 Å². The molecule has 3 aliphatic carbocycles. The first kappa shape index (κ1) is 26.5. The van der Waals surface area contributed by atoms with E-state index in [1.165, 1.54) is 17.0 Å². The average molecular weight is 620 g/mol. The molecule has 0 unspecified atom stereocenters. The summed E-state index contributed by atoms with van der Waals surface area (Å²) in [6, 6.07) is 27.8. The summed E-state index contributed by atoms with van der Waals surface area (Å²) in [7, 11) is 0. The van der Waals surface area contributed by atoms with E-state index in [-0.39, 0.29) is 35.7 Å². The molecule has 0 N–H and O–H groups in total. The molecule has 0 spiro atoms. The highest BCUT2D eigenvalue weighted by atomic mass is 79.9. The molecular weight excluding hydrogens is 594 g/mol. The number of imide groups is 1. The predicted octanol–water partition coefficient (Wildman–Crippen LogP) is 6.25. The molecule has 208 valence electrons. The number of hydrogen-bond donors (Lipinski definition) is 0. The van der Waals surface area contributed by atoms with E-state index in [9.17, 15) is 19.2 Å². The van der Waals surface area contributed by atoms with Crippen LogP contribution in [0.4, 0.5) is 5.69 Å². The summed E-state index contributed by atoms with van der Waals surface area (Å²) in [6.07, 6.45) is 0. The average Bonchev–Trinajstić information content (AvgIpc) is 3.28. The van der Waals surface area contributed by atoms with Crippen LogP contribution in [0.15, 0.2) is 91.0 Å². The number of Topliss-reactive ketones (excluding diaryl/α,β-unsaturated/α-hetero) is 1. The molecule has 0 saturated carbocycles. The number of esters is 1. The number of halogens is 1. The first-order valence-electron chi connectivity index (χ1n) is 13.8. The van der Waals surface area contributed by atoms with Crippen molar-refractivity contribution >= 4 is 45.2 Å². The van der Waals surface area contributed by atoms with Crippen LogP contribution in [-0.2, 0) is 18.7 Å². The molecule has 1 heterocycles. The molecule has 2 amide bonds. The van der Waals surface area contributed by atoms with Gasteiger partial charge in [0.25, 0.3) is 0 Å². The minimum absolute atomic E-state index is 0.223. The first-order valence-corrected chi connectivity index (χ1v) is 14.6. The van der Waals surface area contributed by atoms with Crippen molar-refractivity contribution in [3.05, 3.63) is 136 Å². The van der Waals surface area contributed by atoms with Gasteiger partial charge in [-0.1, -0.05) is 82.2 Å². The van der Waals surface area contributed by atoms with E-state index in [2.05, 4.69) is 15.9 Å². The zero-order chi connectivity index (χ0) is 29.3. The fourth-order valence-corrected chi connectivity index (χ4v) is 8.21. The van der Waals surface area contributed by atoms with E-state index in [0.29, 0.717) is 11.3 Å². The zero-order valence-corrected chi connectivity index (χ0v) is 24.6. The smallest absolute Gasteiger partial charge is 0.338 e. The van der Waals surface area contributed by atoms with E-state index in [4.69, 9.17) is 4.74 Å². The van der Waals surface area contributed by atoms with Gasteiger partial charge in [-0.3, -0.25) is 14.4 Å². The topological polar surface area (TPSA) is 80.8 Å². The van der Waals surface area contributed by atoms with Gasteiger partial charge >= 0.3 is 5.97 Å². The van der Waals surface area contributed by atoms with Crippen LogP contribution in [0.2, 0.25) is 0 Å². The number of ketones is 1. The number of carbonyl (C=O) groups is 4. The first-order chi connectivity index (χ1) is 20.2. The summed E-state index contributed by atoms with van der Waals surface area (Å²) in [5.41, 5.74) is 7.06. The van der Waals surface area contributed by atoms with E-state index < -0.39 is 22.1 Å². The van der Waals surface area contributed by atoms with Crippen molar-refractivity contribution < 1.29 is 23.9 Å². The molecule has 0 radical (unpaired) electrons. The number of rotatable bonds is 5. The van der Waals surface area contributed by atoms with Gasteiger partial charge in [-0.25, -0.2) is 9.69 Å². The van der Waals surface area contributed by atoms with E-state index in [0.717, 1.165) is 33.4 Å². The van der Waals surface area contributed by atoms with Crippen LogP contribution >= 0.6 is 15.9 Å². The molecule has 6 nitrogen and oxygen atoms in total. The second-order valence-corrected chi connectivity index (χ2v) is 12.5. The SMILES string of the molecule is Cc1ccc(C)c(C(=O)COC(=O)c2ccc(N3C(=O)[C@@H]4C5c6ccccc6C(Br)(c6ccccc65)[C@H]4C3=O)cc2)c1. The molecule has 1 fully saturated rings. The third kappa shape index (κ3) is 3.69. The second-order valence-electron chi connectivity index (χ2n) is 11.2. The monoisotopic (exact) mass is 619 g/mol. The molecule has 2 bridgehead atoms. The molecule has 8 rings (SSSR count). The van der Waals surface area contributed by atoms with Crippen LogP contribution in [0.5, 0.6) is 0 Å². The number of nitrogens with zero attached hydrogens (tertiary/aromatic N) is 1. The quantitative estimate of drug-likeness (QED) is 0.114.